The molecule has 12 heteroatoms. The van der Waals surface area contributed by atoms with Gasteiger partial charge in [-0.1, -0.05) is 13.0 Å². The number of Topliss-reactive ketones (excluding diaryl/α,β-unsaturated/α-hetero) is 2. The molecule has 45 heavy (non-hydrogen) atoms. The van der Waals surface area contributed by atoms with Crippen LogP contribution in [-0.4, -0.2) is 65.2 Å². The minimum Gasteiger partial charge on any atom is -0.461 e. The predicted octanol–water partition coefficient (Wildman–Crippen LogP) is 4.72. The van der Waals surface area contributed by atoms with Crippen molar-refractivity contribution in [2.45, 2.75) is 79.1 Å². The highest BCUT2D eigenvalue weighted by atomic mass is 79.9. The average molecular weight is 674 g/mol. The first-order chi connectivity index (χ1) is 21.3. The first kappa shape index (κ1) is 30.7. The molecule has 0 N–H and O–H groups in total. The topological polar surface area (TPSA) is 137 Å². The van der Waals surface area contributed by atoms with E-state index >= 15 is 0 Å². The fraction of sp³-hybridized carbons (Fsp3) is 0.394. The summed E-state index contributed by atoms with van der Waals surface area (Å²) < 4.78 is 7.54. The van der Waals surface area contributed by atoms with Crippen LogP contribution in [0, 0.1) is 19.3 Å². The maximum absolute atomic E-state index is 14.1. The molecule has 3 atom stereocenters. The highest BCUT2D eigenvalue weighted by Crippen LogP contribution is 2.59. The Kier molecular flexibility index (Phi) is 7.88. The van der Waals surface area contributed by atoms with Crippen molar-refractivity contribution in [3.05, 3.63) is 69.6 Å². The number of fused-ring (bicyclic) bond motifs is 2. The van der Waals surface area contributed by atoms with E-state index < -0.39 is 12.0 Å². The zero-order valence-corrected chi connectivity index (χ0v) is 27.3. The number of piperidine rings is 1. The Bertz CT molecular complexity index is 1890. The zero-order valence-electron chi connectivity index (χ0n) is 25.8. The van der Waals surface area contributed by atoms with Crippen molar-refractivity contribution in [1.29, 1.82) is 0 Å². The van der Waals surface area contributed by atoms with Gasteiger partial charge in [0.25, 0.3) is 0 Å². The first-order valence-electron chi connectivity index (χ1n) is 14.8. The van der Waals surface area contributed by atoms with Gasteiger partial charge in [-0.25, -0.2) is 15.0 Å². The SMILES string of the molecule is CC(=O)OCc1cc(-c2cnc(C)nc2)cc2c(C(C)=O)nn(CC(=O)N3[C@H](C(=O)Cc4nc(Br)ccc4C)C[C@@]4(C)C[C@@H]34)c12. The molecule has 1 aromatic carbocycles. The van der Waals surface area contributed by atoms with Crippen LogP contribution >= 0.6 is 15.9 Å². The van der Waals surface area contributed by atoms with Crippen LogP contribution in [0.25, 0.3) is 22.0 Å². The van der Waals surface area contributed by atoms with Crippen LogP contribution in [0.4, 0.5) is 0 Å². The fourth-order valence-corrected chi connectivity index (χ4v) is 6.75. The number of amides is 1. The number of halogens is 1. The van der Waals surface area contributed by atoms with Crippen molar-refractivity contribution in [3.63, 3.8) is 0 Å². The van der Waals surface area contributed by atoms with Crippen molar-refractivity contribution in [2.75, 3.05) is 0 Å². The van der Waals surface area contributed by atoms with Crippen LogP contribution in [0.5, 0.6) is 0 Å². The lowest BCUT2D eigenvalue weighted by atomic mass is 9.96. The summed E-state index contributed by atoms with van der Waals surface area (Å²) in [6, 6.07) is 6.78. The lowest BCUT2D eigenvalue weighted by molar-refractivity contribution is -0.142. The fourth-order valence-electron chi connectivity index (χ4n) is 6.40. The number of benzene rings is 1. The number of hydrogen-bond donors (Lipinski definition) is 0. The molecule has 3 aromatic heterocycles. The van der Waals surface area contributed by atoms with Crippen molar-refractivity contribution in [3.8, 4) is 11.1 Å². The van der Waals surface area contributed by atoms with E-state index in [0.29, 0.717) is 50.1 Å². The highest BCUT2D eigenvalue weighted by molar-refractivity contribution is 9.10. The number of rotatable bonds is 9. The van der Waals surface area contributed by atoms with Gasteiger partial charge >= 0.3 is 5.97 Å². The maximum Gasteiger partial charge on any atom is 0.302 e. The molecule has 2 aliphatic rings. The van der Waals surface area contributed by atoms with E-state index in [-0.39, 0.29) is 54.2 Å². The Hall–Kier alpha value is -4.32. The molecule has 0 unspecified atom stereocenters. The van der Waals surface area contributed by atoms with Crippen LogP contribution < -0.4 is 0 Å². The zero-order chi connectivity index (χ0) is 32.2. The Morgan fingerprint density at radius 1 is 1.04 bits per heavy atom. The number of pyridine rings is 1. The van der Waals surface area contributed by atoms with Crippen molar-refractivity contribution >= 4 is 50.3 Å². The third kappa shape index (κ3) is 5.90. The molecule has 1 saturated carbocycles. The second-order valence-corrected chi connectivity index (χ2v) is 13.1. The van der Waals surface area contributed by atoms with Gasteiger partial charge in [-0.2, -0.15) is 5.10 Å². The summed E-state index contributed by atoms with van der Waals surface area (Å²) in [5.41, 5.74) is 4.20. The van der Waals surface area contributed by atoms with E-state index in [1.165, 1.54) is 18.5 Å². The van der Waals surface area contributed by atoms with Gasteiger partial charge < -0.3 is 9.64 Å². The van der Waals surface area contributed by atoms with Gasteiger partial charge in [0.15, 0.2) is 11.6 Å². The van der Waals surface area contributed by atoms with E-state index in [1.54, 1.807) is 24.2 Å². The monoisotopic (exact) mass is 672 g/mol. The number of carbonyl (C=O) groups is 4. The van der Waals surface area contributed by atoms with Crippen LogP contribution in [0.2, 0.25) is 0 Å². The molecule has 4 aromatic rings. The molecule has 0 spiro atoms. The van der Waals surface area contributed by atoms with Gasteiger partial charge in [-0.05, 0) is 77.4 Å². The molecule has 232 valence electrons. The van der Waals surface area contributed by atoms with Gasteiger partial charge in [-0.3, -0.25) is 23.9 Å². The molecule has 1 aliphatic heterocycles. The Labute approximate surface area is 268 Å². The number of likely N-dealkylation sites (tertiary alicyclic amines) is 1. The predicted molar refractivity (Wildman–Crippen MR) is 168 cm³/mol. The van der Waals surface area contributed by atoms with Gasteiger partial charge in [0.1, 0.15) is 29.3 Å². The Morgan fingerprint density at radius 3 is 2.47 bits per heavy atom. The molecule has 1 saturated heterocycles. The van der Waals surface area contributed by atoms with E-state index in [9.17, 15) is 19.2 Å². The number of aromatic nitrogens is 5. The number of hydrogen-bond acceptors (Lipinski definition) is 9. The second-order valence-electron chi connectivity index (χ2n) is 12.3. The van der Waals surface area contributed by atoms with E-state index in [1.807, 2.05) is 31.2 Å². The van der Waals surface area contributed by atoms with Crippen molar-refractivity contribution < 1.29 is 23.9 Å². The molecule has 6 rings (SSSR count). The van der Waals surface area contributed by atoms with Crippen LogP contribution in [0.3, 0.4) is 0 Å². The summed E-state index contributed by atoms with van der Waals surface area (Å²) in [4.78, 5) is 67.2. The minimum absolute atomic E-state index is 0.0433. The lowest BCUT2D eigenvalue weighted by Crippen LogP contribution is -2.45. The molecule has 1 aliphatic carbocycles. The Balaban J connectivity index is 1.37. The number of nitrogens with zero attached hydrogens (tertiary/aromatic N) is 6. The largest absolute Gasteiger partial charge is 0.461 e. The van der Waals surface area contributed by atoms with Crippen molar-refractivity contribution in [1.82, 2.24) is 29.6 Å². The summed E-state index contributed by atoms with van der Waals surface area (Å²) in [5, 5.41) is 5.12. The molecule has 1 amide bonds. The number of carbonyl (C=O) groups excluding carboxylic acids is 4. The van der Waals surface area contributed by atoms with Gasteiger partial charge in [0, 0.05) is 48.8 Å². The van der Waals surface area contributed by atoms with Gasteiger partial charge in [0.2, 0.25) is 5.91 Å². The number of ketones is 2. The highest BCUT2D eigenvalue weighted by Gasteiger charge is 2.64. The van der Waals surface area contributed by atoms with E-state index in [4.69, 9.17) is 4.74 Å². The van der Waals surface area contributed by atoms with E-state index in [2.05, 4.69) is 42.9 Å². The normalized spacial score (nSPS) is 20.3. The molecule has 0 radical (unpaired) electrons. The number of aryl methyl sites for hydroxylation is 2. The average Bonchev–Trinajstić information content (AvgIpc) is 3.34. The smallest absolute Gasteiger partial charge is 0.302 e. The number of ether oxygens (including phenoxy) is 1. The number of esters is 1. The summed E-state index contributed by atoms with van der Waals surface area (Å²) in [5.74, 6) is -0.442. The van der Waals surface area contributed by atoms with Crippen molar-refractivity contribution in [2.24, 2.45) is 5.41 Å². The van der Waals surface area contributed by atoms with Crippen LogP contribution in [0.15, 0.2) is 41.3 Å². The molecule has 11 nitrogen and oxygen atoms in total. The van der Waals surface area contributed by atoms with Crippen LogP contribution in [0.1, 0.15) is 66.7 Å². The third-order valence-corrected chi connectivity index (χ3v) is 9.33. The molecular formula is C33H33BrN6O5. The van der Waals surface area contributed by atoms with Gasteiger partial charge in [-0.15, -0.1) is 0 Å². The van der Waals surface area contributed by atoms with E-state index in [0.717, 1.165) is 12.0 Å². The maximum atomic E-state index is 14.1. The molecule has 4 heterocycles. The third-order valence-electron chi connectivity index (χ3n) is 8.89. The molecule has 0 bridgehead atoms. The molecular weight excluding hydrogens is 640 g/mol. The Morgan fingerprint density at radius 2 is 1.78 bits per heavy atom. The lowest BCUT2D eigenvalue weighted by Gasteiger charge is -2.27. The van der Waals surface area contributed by atoms with Gasteiger partial charge in [0.05, 0.1) is 23.7 Å². The standard InChI is InChI=1S/C33H33BrN6O5/c1-17-6-7-29(34)37-25(17)10-27(43)26-11-33(5)12-28(33)40(26)30(44)15-39-32-22(16-45-20(4)42)8-21(23-13-35-19(3)36-14-23)9-24(32)31(38-39)18(2)41/h6-9,13-14,26,28H,10-12,15-16H2,1-5H3/t26-,28+,33-/m0/s1. The van der Waals surface area contributed by atoms with Crippen LogP contribution in [-0.2, 0) is 38.7 Å². The second kappa shape index (κ2) is 11.6. The summed E-state index contributed by atoms with van der Waals surface area (Å²) in [7, 11) is 0. The summed E-state index contributed by atoms with van der Waals surface area (Å²) in [6.45, 7) is 8.28. The quantitative estimate of drug-likeness (QED) is 0.140. The summed E-state index contributed by atoms with van der Waals surface area (Å²) in [6.07, 6.45) is 4.91. The first-order valence-corrected chi connectivity index (χ1v) is 15.6. The molecule has 2 fully saturated rings. The minimum atomic E-state index is -0.579. The summed E-state index contributed by atoms with van der Waals surface area (Å²) >= 11 is 3.39.